The molecule has 0 bridgehead atoms. The first-order valence-corrected chi connectivity index (χ1v) is 20.6. The summed E-state index contributed by atoms with van der Waals surface area (Å²) in [6, 6.07) is 22.3. The molecule has 10 rings (SSSR count). The third kappa shape index (κ3) is 7.07. The molecule has 0 spiro atoms. The van der Waals surface area contributed by atoms with Crippen molar-refractivity contribution < 1.29 is 23.9 Å². The minimum atomic E-state index is -0.960. The molecule has 5 aliphatic rings. The zero-order chi connectivity index (χ0) is 40.2. The number of likely N-dealkylation sites (tertiary alicyclic amines) is 2. The van der Waals surface area contributed by atoms with E-state index in [4.69, 9.17) is 15.6 Å². The number of anilines is 2. The molecular weight excluding hydrogens is 749 g/mol. The Morgan fingerprint density at radius 2 is 1.47 bits per heavy atom. The van der Waals surface area contributed by atoms with Gasteiger partial charge in [-0.15, -0.1) is 0 Å². The van der Waals surface area contributed by atoms with Crippen LogP contribution in [0.1, 0.15) is 58.9 Å². The number of amides is 4. The zero-order valence-corrected chi connectivity index (χ0v) is 32.7. The Labute approximate surface area is 341 Å². The quantitative estimate of drug-likeness (QED) is 0.192. The molecule has 5 aromatic rings. The monoisotopic (exact) mass is 794 g/mol. The fraction of sp³-hybridized carbons (Fsp3) is 0.386. The van der Waals surface area contributed by atoms with Gasteiger partial charge in [0.25, 0.3) is 11.8 Å². The number of nitrogen functional groups attached to an aromatic ring is 1. The van der Waals surface area contributed by atoms with Gasteiger partial charge >= 0.3 is 0 Å². The standard InChI is InChI=1S/C44H46N10O5/c45-40-38-39(29-6-9-33(10-7-29)59-32-4-2-1-3-5-32)49-54(41(38)47-26-46-40)30-15-18-50(19-16-30)21-27-14-17-51(22-27)23-28-24-52(25-28)31-8-11-34-35(20-31)44(58)53(43(34)57)36-12-13-37(55)48-42(36)56/h1-11,20,26-28,30,36H,12-19,21-25H2,(H2,45,46,47)(H,48,55,56)/t27-,36?/m1/s1. The van der Waals surface area contributed by atoms with Crippen molar-refractivity contribution in [1.82, 2.24) is 39.8 Å². The molecule has 7 heterocycles. The van der Waals surface area contributed by atoms with E-state index >= 15 is 0 Å². The van der Waals surface area contributed by atoms with Gasteiger partial charge in [0.15, 0.2) is 5.65 Å². The normalized spacial score (nSPS) is 22.0. The molecule has 3 N–H and O–H groups in total. The lowest BCUT2D eigenvalue weighted by Crippen LogP contribution is -2.54. The number of ether oxygens (including phenoxy) is 1. The van der Waals surface area contributed by atoms with Gasteiger partial charge in [-0.3, -0.25) is 29.4 Å². The van der Waals surface area contributed by atoms with Crippen LogP contribution in [0.4, 0.5) is 11.5 Å². The van der Waals surface area contributed by atoms with E-state index in [0.29, 0.717) is 28.8 Å². The molecule has 0 radical (unpaired) electrons. The number of piperidine rings is 2. The van der Waals surface area contributed by atoms with Crippen LogP contribution in [0.3, 0.4) is 0 Å². The second-order valence-electron chi connectivity index (χ2n) is 16.6. The van der Waals surface area contributed by atoms with Crippen molar-refractivity contribution in [3.63, 3.8) is 0 Å². The van der Waals surface area contributed by atoms with Crippen LogP contribution in [-0.2, 0) is 9.59 Å². The van der Waals surface area contributed by atoms with Gasteiger partial charge in [0.05, 0.1) is 22.6 Å². The van der Waals surface area contributed by atoms with Gasteiger partial charge in [0, 0.05) is 69.4 Å². The summed E-state index contributed by atoms with van der Waals surface area (Å²) in [5, 5.41) is 8.15. The third-order valence-electron chi connectivity index (χ3n) is 12.7. The number of nitrogens with two attached hydrogens (primary N) is 1. The zero-order valence-electron chi connectivity index (χ0n) is 32.7. The summed E-state index contributed by atoms with van der Waals surface area (Å²) < 4.78 is 8.08. The largest absolute Gasteiger partial charge is 0.457 e. The van der Waals surface area contributed by atoms with Crippen LogP contribution in [0.15, 0.2) is 79.1 Å². The summed E-state index contributed by atoms with van der Waals surface area (Å²) in [5.74, 6) is 1.19. The fourth-order valence-corrected chi connectivity index (χ4v) is 9.61. The van der Waals surface area contributed by atoms with E-state index in [9.17, 15) is 19.2 Å². The molecule has 4 saturated heterocycles. The molecule has 1 unspecified atom stereocenters. The van der Waals surface area contributed by atoms with Crippen LogP contribution in [-0.4, -0.2) is 116 Å². The Balaban J connectivity index is 0.708. The van der Waals surface area contributed by atoms with E-state index in [0.717, 1.165) is 110 Å². The SMILES string of the molecule is Nc1ncnc2c1c(-c1ccc(Oc3ccccc3)cc1)nn2C1CCN(C[C@H]2CCN(CC3CN(c4ccc5c(c4)C(=O)N(C4CCC(=O)NC4=O)C5=O)C3)C2)CC1. The van der Waals surface area contributed by atoms with Crippen molar-refractivity contribution in [2.75, 3.05) is 63.0 Å². The number of carbonyl (C=O) groups excluding carboxylic acids is 4. The van der Waals surface area contributed by atoms with E-state index < -0.39 is 23.8 Å². The van der Waals surface area contributed by atoms with Gasteiger partial charge in [0.2, 0.25) is 11.8 Å². The maximum absolute atomic E-state index is 13.3. The number of benzene rings is 3. The number of nitrogens with one attached hydrogen (secondary N) is 1. The van der Waals surface area contributed by atoms with Crippen molar-refractivity contribution >= 4 is 46.2 Å². The van der Waals surface area contributed by atoms with E-state index in [2.05, 4.69) is 34.7 Å². The highest BCUT2D eigenvalue weighted by molar-refractivity contribution is 6.23. The second-order valence-corrected chi connectivity index (χ2v) is 16.6. The molecule has 4 fully saturated rings. The summed E-state index contributed by atoms with van der Waals surface area (Å²) in [6.07, 6.45) is 4.93. The molecule has 15 heteroatoms. The van der Waals surface area contributed by atoms with Crippen molar-refractivity contribution in [2.24, 2.45) is 11.8 Å². The van der Waals surface area contributed by atoms with Crippen LogP contribution in [0.5, 0.6) is 11.5 Å². The summed E-state index contributed by atoms with van der Waals surface area (Å²) in [5.41, 5.74) is 10.5. The average molecular weight is 795 g/mol. The minimum absolute atomic E-state index is 0.101. The first-order chi connectivity index (χ1) is 28.8. The Morgan fingerprint density at radius 3 is 2.25 bits per heavy atom. The predicted octanol–water partition coefficient (Wildman–Crippen LogP) is 4.36. The molecule has 2 atom stereocenters. The number of para-hydroxylation sites is 1. The smallest absolute Gasteiger partial charge is 0.262 e. The highest BCUT2D eigenvalue weighted by Gasteiger charge is 2.45. The van der Waals surface area contributed by atoms with Crippen LogP contribution >= 0.6 is 0 Å². The number of nitrogens with zero attached hydrogens (tertiary/aromatic N) is 8. The van der Waals surface area contributed by atoms with Crippen molar-refractivity contribution in [2.45, 2.75) is 44.2 Å². The number of aromatic nitrogens is 4. The maximum Gasteiger partial charge on any atom is 0.262 e. The highest BCUT2D eigenvalue weighted by atomic mass is 16.5. The van der Waals surface area contributed by atoms with Gasteiger partial charge in [-0.25, -0.2) is 14.6 Å². The first kappa shape index (κ1) is 37.1. The maximum atomic E-state index is 13.3. The Hall–Kier alpha value is -6.19. The molecule has 15 nitrogen and oxygen atoms in total. The van der Waals surface area contributed by atoms with Crippen molar-refractivity contribution in [3.05, 3.63) is 90.3 Å². The average Bonchev–Trinajstić information content (AvgIpc) is 3.92. The van der Waals surface area contributed by atoms with Gasteiger partial charge in [-0.1, -0.05) is 18.2 Å². The molecule has 5 aliphatic heterocycles. The lowest BCUT2D eigenvalue weighted by Gasteiger charge is -2.43. The highest BCUT2D eigenvalue weighted by Crippen LogP contribution is 2.37. The summed E-state index contributed by atoms with van der Waals surface area (Å²) in [4.78, 5) is 68.0. The number of hydrogen-bond donors (Lipinski definition) is 2. The summed E-state index contributed by atoms with van der Waals surface area (Å²) >= 11 is 0. The molecule has 302 valence electrons. The second kappa shape index (κ2) is 15.2. The van der Waals surface area contributed by atoms with Gasteiger partial charge in [-0.05, 0) is 92.7 Å². The van der Waals surface area contributed by atoms with Crippen LogP contribution < -0.4 is 20.7 Å². The molecule has 3 aromatic carbocycles. The number of carbonyl (C=O) groups is 4. The number of fused-ring (bicyclic) bond motifs is 2. The molecule has 0 aliphatic carbocycles. The first-order valence-electron chi connectivity index (χ1n) is 20.6. The van der Waals surface area contributed by atoms with Crippen molar-refractivity contribution in [3.8, 4) is 22.8 Å². The van der Waals surface area contributed by atoms with Crippen LogP contribution in [0, 0.1) is 11.8 Å². The fourth-order valence-electron chi connectivity index (χ4n) is 9.61. The molecule has 2 aromatic heterocycles. The predicted molar refractivity (Wildman–Crippen MR) is 220 cm³/mol. The Kier molecular flexibility index (Phi) is 9.56. The number of rotatable bonds is 10. The minimum Gasteiger partial charge on any atom is -0.457 e. The number of hydrogen-bond acceptors (Lipinski definition) is 12. The van der Waals surface area contributed by atoms with Gasteiger partial charge in [-0.2, -0.15) is 5.10 Å². The van der Waals surface area contributed by atoms with E-state index in [1.165, 1.54) is 12.7 Å². The Bertz CT molecular complexity index is 2440. The lowest BCUT2D eigenvalue weighted by atomic mass is 9.97. The lowest BCUT2D eigenvalue weighted by molar-refractivity contribution is -0.136. The summed E-state index contributed by atoms with van der Waals surface area (Å²) in [6.45, 7) is 8.12. The number of imide groups is 2. The third-order valence-corrected chi connectivity index (χ3v) is 12.7. The molecular formula is C44H46N10O5. The molecule has 4 amide bonds. The molecule has 59 heavy (non-hydrogen) atoms. The van der Waals surface area contributed by atoms with Gasteiger partial charge in [0.1, 0.15) is 35.4 Å². The van der Waals surface area contributed by atoms with Gasteiger partial charge < -0.3 is 25.2 Å². The van der Waals surface area contributed by atoms with Crippen LogP contribution in [0.2, 0.25) is 0 Å². The van der Waals surface area contributed by atoms with E-state index in [1.54, 1.807) is 12.1 Å². The summed E-state index contributed by atoms with van der Waals surface area (Å²) in [7, 11) is 0. The van der Waals surface area contributed by atoms with E-state index in [1.807, 2.05) is 60.7 Å². The topological polar surface area (TPSA) is 172 Å². The Morgan fingerprint density at radius 1 is 0.746 bits per heavy atom. The van der Waals surface area contributed by atoms with Crippen molar-refractivity contribution in [1.29, 1.82) is 0 Å². The molecule has 0 saturated carbocycles. The van der Waals surface area contributed by atoms with E-state index in [-0.39, 0.29) is 24.8 Å². The van der Waals surface area contributed by atoms with Crippen LogP contribution in [0.25, 0.3) is 22.3 Å².